The van der Waals surface area contributed by atoms with E-state index < -0.39 is 10.0 Å². The van der Waals surface area contributed by atoms with Gasteiger partial charge in [0.15, 0.2) is 0 Å². The largest absolute Gasteiger partial charge is 0.449 e. The molecule has 0 atom stereocenters. The highest BCUT2D eigenvalue weighted by molar-refractivity contribution is 6.41. The van der Waals surface area contributed by atoms with Crippen molar-refractivity contribution in [3.8, 4) is 0 Å². The lowest BCUT2D eigenvalue weighted by molar-refractivity contribution is 0.502. The number of hydrogen-bond acceptors (Lipinski definition) is 2. The molecule has 0 aliphatic rings. The fourth-order valence-corrected chi connectivity index (χ4v) is 4.08. The molecule has 5 heteroatoms. The maximum atomic E-state index is 5.22. The van der Waals surface area contributed by atoms with E-state index in [0.717, 1.165) is 10.5 Å². The van der Waals surface area contributed by atoms with Crippen molar-refractivity contribution in [3.63, 3.8) is 0 Å². The maximum Gasteiger partial charge on any atom is 0.282 e. The molecule has 0 aromatic heterocycles. The average Bonchev–Trinajstić information content (AvgIpc) is 1.69. The summed E-state index contributed by atoms with van der Waals surface area (Å²) in [4.78, 5) is 0. The number of rotatable bonds is 4. The van der Waals surface area contributed by atoms with E-state index in [-0.39, 0.29) is 9.76 Å². The highest BCUT2D eigenvalue weighted by Gasteiger charge is 1.80. The third-order valence-corrected chi connectivity index (χ3v) is 3.72. The van der Waals surface area contributed by atoms with Gasteiger partial charge >= 0.3 is 0 Å². The van der Waals surface area contributed by atoms with Gasteiger partial charge in [-0.15, -0.1) is 0 Å². The Morgan fingerprint density at radius 3 is 2.86 bits per heavy atom. The first-order chi connectivity index (χ1) is 3.41. The van der Waals surface area contributed by atoms with Crippen LogP contribution >= 0.6 is 0 Å². The molecule has 0 heterocycles. The zero-order valence-electron chi connectivity index (χ0n) is 4.94. The predicted octanol–water partition coefficient (Wildman–Crippen LogP) is -2.18. The molecule has 0 saturated carbocycles. The SMILES string of the molecule is CC[SiH2]O[SiH2]O[SiH3]. The summed E-state index contributed by atoms with van der Waals surface area (Å²) in [5, 5.41) is 0. The van der Waals surface area contributed by atoms with Gasteiger partial charge in [-0.3, -0.25) is 0 Å². The summed E-state index contributed by atoms with van der Waals surface area (Å²) in [7, 11) is 0.269. The van der Waals surface area contributed by atoms with Gasteiger partial charge in [-0.05, 0) is 6.04 Å². The van der Waals surface area contributed by atoms with Gasteiger partial charge < -0.3 is 8.23 Å². The minimum absolute atomic E-state index is 0.130. The van der Waals surface area contributed by atoms with Crippen molar-refractivity contribution in [2.75, 3.05) is 0 Å². The summed E-state index contributed by atoms with van der Waals surface area (Å²) in [5.41, 5.74) is 0. The summed E-state index contributed by atoms with van der Waals surface area (Å²) < 4.78 is 10.2. The van der Waals surface area contributed by atoms with E-state index in [1.165, 1.54) is 6.04 Å². The van der Waals surface area contributed by atoms with E-state index >= 15 is 0 Å². The zero-order valence-corrected chi connectivity index (χ0v) is 9.77. The molecule has 0 fully saturated rings. The molecule has 0 N–H and O–H groups in total. The van der Waals surface area contributed by atoms with E-state index in [2.05, 4.69) is 6.92 Å². The van der Waals surface area contributed by atoms with Crippen LogP contribution in [-0.2, 0) is 8.23 Å². The van der Waals surface area contributed by atoms with Crippen LogP contribution in [0.2, 0.25) is 6.04 Å². The topological polar surface area (TPSA) is 18.5 Å². The highest BCUT2D eigenvalue weighted by Crippen LogP contribution is 1.73. The summed E-state index contributed by atoms with van der Waals surface area (Å²) in [6.07, 6.45) is 0. The Hall–Kier alpha value is 0.571. The Kier molecular flexibility index (Phi) is 7.11. The Morgan fingerprint density at radius 2 is 2.43 bits per heavy atom. The highest BCUT2D eigenvalue weighted by atomic mass is 28.3. The molecule has 0 unspecified atom stereocenters. The molecule has 7 heavy (non-hydrogen) atoms. The smallest absolute Gasteiger partial charge is 0.282 e. The summed E-state index contributed by atoms with van der Waals surface area (Å²) >= 11 is 0. The third kappa shape index (κ3) is 6.57. The monoisotopic (exact) mass is 152 g/mol. The van der Waals surface area contributed by atoms with Crippen molar-refractivity contribution in [1.82, 2.24) is 0 Å². The molecule has 0 amide bonds. The third-order valence-electron chi connectivity index (χ3n) is 0.550. The molecule has 0 bridgehead atoms. The first kappa shape index (κ1) is 7.57. The summed E-state index contributed by atoms with van der Waals surface area (Å²) in [5.74, 6) is 0. The Labute approximate surface area is 52.1 Å². The van der Waals surface area contributed by atoms with Crippen molar-refractivity contribution in [2.45, 2.75) is 13.0 Å². The lowest BCUT2D eigenvalue weighted by Gasteiger charge is -1.96. The van der Waals surface area contributed by atoms with Crippen molar-refractivity contribution < 1.29 is 8.23 Å². The van der Waals surface area contributed by atoms with Crippen LogP contribution in [0.25, 0.3) is 0 Å². The van der Waals surface area contributed by atoms with Gasteiger partial charge in [0.1, 0.15) is 20.2 Å². The van der Waals surface area contributed by atoms with Crippen LogP contribution in [0.1, 0.15) is 6.92 Å². The first-order valence-corrected chi connectivity index (χ1v) is 6.03. The standard InChI is InChI=1S/C2H12O2Si3/c1-2-6-4-7-3-5/h2,6-7H2,1,5H3. The lowest BCUT2D eigenvalue weighted by atomic mass is 11.0. The van der Waals surface area contributed by atoms with Crippen molar-refractivity contribution in [3.05, 3.63) is 0 Å². The van der Waals surface area contributed by atoms with Crippen molar-refractivity contribution >= 4 is 30.3 Å². The van der Waals surface area contributed by atoms with Gasteiger partial charge in [0.2, 0.25) is 0 Å². The van der Waals surface area contributed by atoms with Crippen LogP contribution in [0.5, 0.6) is 0 Å². The van der Waals surface area contributed by atoms with Gasteiger partial charge in [0.05, 0.1) is 0 Å². The summed E-state index contributed by atoms with van der Waals surface area (Å²) in [6.45, 7) is 2.16. The van der Waals surface area contributed by atoms with E-state index in [1.807, 2.05) is 0 Å². The van der Waals surface area contributed by atoms with Gasteiger partial charge in [-0.25, -0.2) is 0 Å². The fourth-order valence-electron chi connectivity index (χ4n) is 0.287. The molecule has 0 aromatic carbocycles. The minimum atomic E-state index is -0.466. The van der Waals surface area contributed by atoms with Crippen LogP contribution in [-0.4, -0.2) is 30.3 Å². The van der Waals surface area contributed by atoms with Crippen LogP contribution < -0.4 is 0 Å². The van der Waals surface area contributed by atoms with E-state index in [0.29, 0.717) is 0 Å². The molecular formula is C2H12O2Si3. The number of hydrogen-bond donors (Lipinski definition) is 0. The van der Waals surface area contributed by atoms with Crippen molar-refractivity contribution in [2.24, 2.45) is 0 Å². The Balaban J connectivity index is 2.45. The average molecular weight is 152 g/mol. The second kappa shape index (κ2) is 6.57. The molecule has 0 radical (unpaired) electrons. The first-order valence-electron chi connectivity index (χ1n) is 2.48. The second-order valence-corrected chi connectivity index (χ2v) is 6.90. The predicted molar refractivity (Wildman–Crippen MR) is 39.7 cm³/mol. The maximum absolute atomic E-state index is 5.22. The summed E-state index contributed by atoms with van der Waals surface area (Å²) in [6, 6.07) is 1.25. The van der Waals surface area contributed by atoms with Crippen LogP contribution in [0, 0.1) is 0 Å². The second-order valence-electron chi connectivity index (χ2n) is 1.31. The molecule has 2 nitrogen and oxygen atoms in total. The van der Waals surface area contributed by atoms with Crippen LogP contribution in [0.4, 0.5) is 0 Å². The van der Waals surface area contributed by atoms with E-state index in [9.17, 15) is 0 Å². The van der Waals surface area contributed by atoms with Gasteiger partial charge in [0.25, 0.3) is 10.0 Å². The normalized spacial score (nSPS) is 13.3. The molecule has 0 aliphatic carbocycles. The van der Waals surface area contributed by atoms with Gasteiger partial charge in [-0.1, -0.05) is 6.92 Å². The quantitative estimate of drug-likeness (QED) is 0.337. The van der Waals surface area contributed by atoms with E-state index in [4.69, 9.17) is 8.23 Å². The van der Waals surface area contributed by atoms with Gasteiger partial charge in [-0.2, -0.15) is 0 Å². The molecule has 0 aliphatic heterocycles. The lowest BCUT2D eigenvalue weighted by Crippen LogP contribution is -2.04. The molecular weight excluding hydrogens is 140 g/mol. The molecule has 0 saturated heterocycles. The zero-order chi connectivity index (χ0) is 5.54. The minimum Gasteiger partial charge on any atom is -0.449 e. The van der Waals surface area contributed by atoms with Crippen LogP contribution in [0.3, 0.4) is 0 Å². The molecule has 44 valence electrons. The van der Waals surface area contributed by atoms with Crippen molar-refractivity contribution in [1.29, 1.82) is 0 Å². The Morgan fingerprint density at radius 1 is 1.71 bits per heavy atom. The molecule has 0 rings (SSSR count). The molecule has 0 aromatic rings. The molecule has 0 spiro atoms. The fraction of sp³-hybridized carbons (Fsp3) is 1.00. The van der Waals surface area contributed by atoms with Gasteiger partial charge in [0, 0.05) is 0 Å². The van der Waals surface area contributed by atoms with Crippen LogP contribution in [0.15, 0.2) is 0 Å². The Bertz CT molecular complexity index is 30.1. The van der Waals surface area contributed by atoms with E-state index in [1.54, 1.807) is 0 Å².